The molecule has 0 radical (unpaired) electrons. The number of amides is 4. The summed E-state index contributed by atoms with van der Waals surface area (Å²) >= 11 is 0. The van der Waals surface area contributed by atoms with Gasteiger partial charge >= 0.3 is 6.03 Å². The highest BCUT2D eigenvalue weighted by Gasteiger charge is 2.44. The summed E-state index contributed by atoms with van der Waals surface area (Å²) in [7, 11) is 0. The lowest BCUT2D eigenvalue weighted by Gasteiger charge is -2.20. The Bertz CT molecular complexity index is 808. The number of nitrogens with one attached hydrogen (secondary N) is 1. The summed E-state index contributed by atoms with van der Waals surface area (Å²) in [4.78, 5) is 39.9. The molecule has 0 spiro atoms. The molecule has 2 atom stereocenters. The second-order valence-electron chi connectivity index (χ2n) is 6.29. The first-order valence-corrected chi connectivity index (χ1v) is 8.53. The summed E-state index contributed by atoms with van der Waals surface area (Å²) in [5, 5.41) is 2.83. The van der Waals surface area contributed by atoms with Crippen molar-refractivity contribution in [3.05, 3.63) is 66.2 Å². The summed E-state index contributed by atoms with van der Waals surface area (Å²) in [5.41, 5.74) is 1.60. The van der Waals surface area contributed by atoms with Gasteiger partial charge in [0, 0.05) is 5.69 Å². The first kappa shape index (κ1) is 17.7. The zero-order chi connectivity index (χ0) is 18.7. The Morgan fingerprint density at radius 2 is 1.62 bits per heavy atom. The second-order valence-corrected chi connectivity index (χ2v) is 6.29. The predicted molar refractivity (Wildman–Crippen MR) is 98.5 cm³/mol. The van der Waals surface area contributed by atoms with Crippen LogP contribution in [0, 0.1) is 0 Å². The minimum Gasteiger partial charge on any atom is -0.348 e. The van der Waals surface area contributed by atoms with E-state index in [0.29, 0.717) is 5.69 Å². The van der Waals surface area contributed by atoms with Gasteiger partial charge in [0.1, 0.15) is 12.6 Å². The van der Waals surface area contributed by atoms with Crippen LogP contribution < -0.4 is 10.2 Å². The molecule has 1 saturated heterocycles. The minimum absolute atomic E-state index is 0.209. The summed E-state index contributed by atoms with van der Waals surface area (Å²) in [6, 6.07) is 17.2. The molecule has 2 aromatic rings. The van der Waals surface area contributed by atoms with Crippen LogP contribution in [0.4, 0.5) is 10.5 Å². The molecule has 6 heteroatoms. The number of nitrogens with zero attached hydrogens (tertiary/aromatic N) is 2. The lowest BCUT2D eigenvalue weighted by molar-refractivity contribution is -0.132. The van der Waals surface area contributed by atoms with Crippen molar-refractivity contribution in [2.24, 2.45) is 0 Å². The summed E-state index contributed by atoms with van der Waals surface area (Å²) in [6.07, 6.45) is 0. The number of hydrogen-bond acceptors (Lipinski definition) is 3. The molecule has 2 unspecified atom stereocenters. The maximum atomic E-state index is 12.7. The number of hydrogen-bond donors (Lipinski definition) is 1. The normalized spacial score (nSPS) is 18.2. The molecule has 2 aromatic carbocycles. The highest BCUT2D eigenvalue weighted by Crippen LogP contribution is 2.25. The standard InChI is InChI=1S/C20H21N3O3/c1-14(16-9-5-3-6-10-16)21-18(24)13-22-19(25)15(2)23(20(22)26)17-11-7-4-8-12-17/h3-12,14-15H,13H2,1-2H3,(H,21,24). The number of rotatable bonds is 5. The Hall–Kier alpha value is -3.15. The maximum Gasteiger partial charge on any atom is 0.332 e. The number of carbonyl (C=O) groups is 3. The Morgan fingerprint density at radius 1 is 1.04 bits per heavy atom. The smallest absolute Gasteiger partial charge is 0.332 e. The van der Waals surface area contributed by atoms with Gasteiger partial charge in [0.15, 0.2) is 0 Å². The van der Waals surface area contributed by atoms with Gasteiger partial charge in [-0.15, -0.1) is 0 Å². The van der Waals surface area contributed by atoms with Gasteiger partial charge in [-0.3, -0.25) is 19.4 Å². The van der Waals surface area contributed by atoms with Crippen LogP contribution in [0.15, 0.2) is 60.7 Å². The molecule has 134 valence electrons. The van der Waals surface area contributed by atoms with Crippen LogP contribution in [-0.4, -0.2) is 35.3 Å². The summed E-state index contributed by atoms with van der Waals surface area (Å²) in [5.74, 6) is -0.744. The van der Waals surface area contributed by atoms with Crippen molar-refractivity contribution in [2.75, 3.05) is 11.4 Å². The average molecular weight is 351 g/mol. The largest absolute Gasteiger partial charge is 0.348 e. The van der Waals surface area contributed by atoms with E-state index >= 15 is 0 Å². The van der Waals surface area contributed by atoms with E-state index in [-0.39, 0.29) is 24.4 Å². The van der Waals surface area contributed by atoms with Gasteiger partial charge in [-0.05, 0) is 31.5 Å². The molecule has 26 heavy (non-hydrogen) atoms. The number of para-hydroxylation sites is 1. The quantitative estimate of drug-likeness (QED) is 0.842. The molecule has 6 nitrogen and oxygen atoms in total. The number of urea groups is 1. The van der Waals surface area contributed by atoms with E-state index in [9.17, 15) is 14.4 Å². The summed E-state index contributed by atoms with van der Waals surface area (Å²) < 4.78 is 0. The van der Waals surface area contributed by atoms with Crippen LogP contribution in [0.5, 0.6) is 0 Å². The molecule has 1 aliphatic heterocycles. The van der Waals surface area contributed by atoms with Gasteiger partial charge in [0.25, 0.3) is 5.91 Å². The van der Waals surface area contributed by atoms with Crippen LogP contribution in [-0.2, 0) is 9.59 Å². The third kappa shape index (κ3) is 3.44. The van der Waals surface area contributed by atoms with Crippen LogP contribution in [0.2, 0.25) is 0 Å². The van der Waals surface area contributed by atoms with E-state index in [1.807, 2.05) is 43.3 Å². The van der Waals surface area contributed by atoms with Crippen molar-refractivity contribution in [1.82, 2.24) is 10.2 Å². The van der Waals surface area contributed by atoms with Gasteiger partial charge < -0.3 is 5.32 Å². The first-order chi connectivity index (χ1) is 12.5. The van der Waals surface area contributed by atoms with Gasteiger partial charge in [-0.25, -0.2) is 4.79 Å². The molecule has 0 saturated carbocycles. The van der Waals surface area contributed by atoms with Gasteiger partial charge in [-0.2, -0.15) is 0 Å². The fourth-order valence-electron chi connectivity index (χ4n) is 3.05. The van der Waals surface area contributed by atoms with Crippen molar-refractivity contribution in [2.45, 2.75) is 25.9 Å². The lowest BCUT2D eigenvalue weighted by atomic mass is 10.1. The van der Waals surface area contributed by atoms with Crippen LogP contribution in [0.25, 0.3) is 0 Å². The SMILES string of the molecule is CC(NC(=O)CN1C(=O)C(C)N(c2ccccc2)C1=O)c1ccccc1. The number of benzene rings is 2. The number of anilines is 1. The van der Waals surface area contributed by atoms with E-state index in [4.69, 9.17) is 0 Å². The molecule has 0 aliphatic carbocycles. The maximum absolute atomic E-state index is 12.7. The van der Waals surface area contributed by atoms with Gasteiger partial charge in [0.2, 0.25) is 5.91 Å². The van der Waals surface area contributed by atoms with Crippen molar-refractivity contribution >= 4 is 23.5 Å². The van der Waals surface area contributed by atoms with Crippen molar-refractivity contribution < 1.29 is 14.4 Å². The molecule has 4 amide bonds. The zero-order valence-corrected chi connectivity index (χ0v) is 14.8. The Balaban J connectivity index is 1.68. The third-order valence-electron chi connectivity index (χ3n) is 4.46. The number of carbonyl (C=O) groups excluding carboxylic acids is 3. The monoisotopic (exact) mass is 351 g/mol. The van der Waals surface area contributed by atoms with Gasteiger partial charge in [-0.1, -0.05) is 48.5 Å². The van der Waals surface area contributed by atoms with E-state index in [2.05, 4.69) is 5.32 Å². The Kier molecular flexibility index (Phi) is 5.02. The Labute approximate surface area is 152 Å². The van der Waals surface area contributed by atoms with Crippen molar-refractivity contribution in [1.29, 1.82) is 0 Å². The van der Waals surface area contributed by atoms with Crippen molar-refractivity contribution in [3.63, 3.8) is 0 Å². The van der Waals surface area contributed by atoms with E-state index in [1.54, 1.807) is 31.2 Å². The predicted octanol–water partition coefficient (Wildman–Crippen LogP) is 2.72. The Morgan fingerprint density at radius 3 is 2.23 bits per heavy atom. The first-order valence-electron chi connectivity index (χ1n) is 8.53. The molecule has 1 aliphatic rings. The fraction of sp³-hybridized carbons (Fsp3) is 0.250. The molecule has 1 heterocycles. The molecule has 1 fully saturated rings. The molecule has 3 rings (SSSR count). The molecular weight excluding hydrogens is 330 g/mol. The summed E-state index contributed by atoms with van der Waals surface area (Å²) in [6.45, 7) is 3.24. The van der Waals surface area contributed by atoms with Crippen LogP contribution in [0.3, 0.4) is 0 Å². The topological polar surface area (TPSA) is 69.7 Å². The van der Waals surface area contributed by atoms with Gasteiger partial charge in [0.05, 0.1) is 6.04 Å². The highest BCUT2D eigenvalue weighted by molar-refractivity contribution is 6.15. The lowest BCUT2D eigenvalue weighted by Crippen LogP contribution is -2.42. The zero-order valence-electron chi connectivity index (χ0n) is 14.8. The molecular formula is C20H21N3O3. The van der Waals surface area contributed by atoms with Crippen LogP contribution in [0.1, 0.15) is 25.5 Å². The van der Waals surface area contributed by atoms with E-state index in [0.717, 1.165) is 10.5 Å². The molecule has 0 bridgehead atoms. The van der Waals surface area contributed by atoms with E-state index < -0.39 is 12.1 Å². The average Bonchev–Trinajstić information content (AvgIpc) is 2.86. The highest BCUT2D eigenvalue weighted by atomic mass is 16.2. The van der Waals surface area contributed by atoms with E-state index in [1.165, 1.54) is 4.90 Å². The third-order valence-corrected chi connectivity index (χ3v) is 4.46. The van der Waals surface area contributed by atoms with Crippen LogP contribution >= 0.6 is 0 Å². The second kappa shape index (κ2) is 7.39. The molecule has 0 aromatic heterocycles. The minimum atomic E-state index is -0.635. The fourth-order valence-corrected chi connectivity index (χ4v) is 3.05. The van der Waals surface area contributed by atoms with Crippen molar-refractivity contribution in [3.8, 4) is 0 Å². The molecule has 1 N–H and O–H groups in total. The number of imide groups is 1.